The van der Waals surface area contributed by atoms with E-state index in [9.17, 15) is 28.8 Å². The van der Waals surface area contributed by atoms with Crippen LogP contribution in [0.3, 0.4) is 0 Å². The van der Waals surface area contributed by atoms with Gasteiger partial charge in [-0.15, -0.1) is 0 Å². The van der Waals surface area contributed by atoms with Crippen LogP contribution in [0.1, 0.15) is 23.2 Å². The molecule has 0 saturated heterocycles. The van der Waals surface area contributed by atoms with Crippen LogP contribution < -0.4 is 19.6 Å². The monoisotopic (exact) mass is 577 g/mol. The number of aromatic nitrogens is 3. The number of amides is 1. The lowest BCUT2D eigenvalue weighted by Crippen LogP contribution is -2.44. The van der Waals surface area contributed by atoms with E-state index >= 15 is 0 Å². The molecule has 0 radical (unpaired) electrons. The van der Waals surface area contributed by atoms with Crippen molar-refractivity contribution in [1.29, 1.82) is 0 Å². The normalized spacial score (nSPS) is 13.8. The maximum Gasteiger partial charge on any atom is 0.460 e. The van der Waals surface area contributed by atoms with Crippen LogP contribution in [0.4, 0.5) is 11.6 Å². The molecule has 0 spiro atoms. The lowest BCUT2D eigenvalue weighted by Gasteiger charge is -2.14. The first-order valence-corrected chi connectivity index (χ1v) is 12.3. The smallest absolute Gasteiger partial charge is 0.460 e. The highest BCUT2D eigenvalue weighted by Gasteiger charge is 2.24. The average Bonchev–Trinajstić information content (AvgIpc) is 3.29. The molecule has 3 aromatic rings. The van der Waals surface area contributed by atoms with Crippen molar-refractivity contribution in [2.24, 2.45) is 0 Å². The maximum absolute atomic E-state index is 12.7. The molecule has 0 saturated carbocycles. The molecule has 1 aromatic heterocycles. The number of ether oxygens (including phenoxy) is 1. The molecular formula is C21H18BrN6O7S-. The summed E-state index contributed by atoms with van der Waals surface area (Å²) in [5.74, 6) is -0.969. The number of hydrogen-bond acceptors (Lipinski definition) is 9. The first kappa shape index (κ1) is 25.3. The molecule has 2 N–H and O–H groups in total. The quantitative estimate of drug-likeness (QED) is 0.172. The molecule has 2 aromatic carbocycles. The number of rotatable bonds is 8. The number of carbonyl (C=O) groups is 2. The minimum atomic E-state index is -2.52. The van der Waals surface area contributed by atoms with Crippen molar-refractivity contribution in [2.75, 3.05) is 23.1 Å². The standard InChI is InChI=1S/C21H19BrN6O7S/c22-14-4-5-17-18(11-14)28(32)24-21(27(17)31)23-8-6-19(29)35-16-7-9-26(12-16)20(30)13-2-1-3-15(10-13)25-36(33)34/h1-5,10-12,25H,6-9H2,(H,23,24)(H,33,34)/p-1. The number of nitrogens with one attached hydrogen (secondary N) is 2. The summed E-state index contributed by atoms with van der Waals surface area (Å²) in [7, 11) is 0. The SMILES string of the molecule is O=C(CCNc1n[n+]([O-])c2cc(Br)ccc2[n+]1[O-])OC1=CN(C(=O)c2cccc(NS(=O)[O-])c2)CC1. The Kier molecular flexibility index (Phi) is 7.61. The van der Waals surface area contributed by atoms with Crippen LogP contribution in [-0.2, 0) is 20.8 Å². The van der Waals surface area contributed by atoms with E-state index in [2.05, 4.69) is 31.1 Å². The Labute approximate surface area is 215 Å². The van der Waals surface area contributed by atoms with Crippen molar-refractivity contribution >= 4 is 61.7 Å². The number of fused-ring (bicyclic) bond motifs is 1. The van der Waals surface area contributed by atoms with E-state index in [1.165, 1.54) is 41.4 Å². The molecule has 1 aliphatic heterocycles. The summed E-state index contributed by atoms with van der Waals surface area (Å²) < 4.78 is 30.2. The minimum absolute atomic E-state index is 0.0209. The van der Waals surface area contributed by atoms with E-state index in [1.807, 2.05) is 0 Å². The van der Waals surface area contributed by atoms with Crippen LogP contribution in [0.15, 0.2) is 58.9 Å². The van der Waals surface area contributed by atoms with Gasteiger partial charge in [0.15, 0.2) is 5.52 Å². The number of nitrogens with zero attached hydrogens (tertiary/aromatic N) is 4. The highest BCUT2D eigenvalue weighted by atomic mass is 79.9. The van der Waals surface area contributed by atoms with Gasteiger partial charge < -0.3 is 29.3 Å². The molecule has 1 aliphatic rings. The summed E-state index contributed by atoms with van der Waals surface area (Å²) in [6.07, 6.45) is 1.59. The predicted octanol–water partition coefficient (Wildman–Crippen LogP) is 1.20. The second-order valence-electron chi connectivity index (χ2n) is 7.54. The van der Waals surface area contributed by atoms with Crippen LogP contribution in [0.2, 0.25) is 0 Å². The van der Waals surface area contributed by atoms with Gasteiger partial charge in [-0.3, -0.25) is 19.1 Å². The third-order valence-electron chi connectivity index (χ3n) is 5.07. The lowest BCUT2D eigenvalue weighted by molar-refractivity contribution is -0.672. The zero-order chi connectivity index (χ0) is 25.8. The van der Waals surface area contributed by atoms with E-state index in [4.69, 9.17) is 4.74 Å². The largest absolute Gasteiger partial charge is 0.755 e. The summed E-state index contributed by atoms with van der Waals surface area (Å²) in [5, 5.41) is 30.9. The topological polar surface area (TPSA) is 178 Å². The van der Waals surface area contributed by atoms with Crippen molar-refractivity contribution in [2.45, 2.75) is 12.8 Å². The van der Waals surface area contributed by atoms with Gasteiger partial charge in [-0.1, -0.05) is 22.0 Å². The summed E-state index contributed by atoms with van der Waals surface area (Å²) in [6, 6.07) is 10.5. The predicted molar refractivity (Wildman–Crippen MR) is 129 cm³/mol. The zero-order valence-electron chi connectivity index (χ0n) is 18.4. The van der Waals surface area contributed by atoms with Crippen LogP contribution >= 0.6 is 15.9 Å². The van der Waals surface area contributed by atoms with Gasteiger partial charge in [-0.05, 0) is 30.3 Å². The van der Waals surface area contributed by atoms with Gasteiger partial charge in [0, 0.05) is 57.1 Å². The van der Waals surface area contributed by atoms with E-state index in [-0.39, 0.29) is 59.4 Å². The van der Waals surface area contributed by atoms with Gasteiger partial charge in [0.1, 0.15) is 5.76 Å². The Bertz CT molecular complexity index is 1400. The van der Waals surface area contributed by atoms with Crippen LogP contribution in [0, 0.1) is 10.4 Å². The van der Waals surface area contributed by atoms with E-state index in [1.54, 1.807) is 12.1 Å². The fraction of sp³-hybridized carbons (Fsp3) is 0.190. The van der Waals surface area contributed by atoms with E-state index < -0.39 is 17.2 Å². The fourth-order valence-electron chi connectivity index (χ4n) is 3.45. The van der Waals surface area contributed by atoms with Crippen LogP contribution in [0.25, 0.3) is 11.0 Å². The molecule has 1 amide bonds. The highest BCUT2D eigenvalue weighted by Crippen LogP contribution is 2.20. The molecule has 15 heteroatoms. The van der Waals surface area contributed by atoms with Crippen molar-refractivity contribution in [3.63, 3.8) is 0 Å². The van der Waals surface area contributed by atoms with E-state index in [0.29, 0.717) is 20.5 Å². The third kappa shape index (κ3) is 5.87. The molecule has 0 aliphatic carbocycles. The Hall–Kier alpha value is -3.82. The van der Waals surface area contributed by atoms with Crippen LogP contribution in [0.5, 0.6) is 0 Å². The molecule has 4 rings (SSSR count). The average molecular weight is 578 g/mol. The van der Waals surface area contributed by atoms with Gasteiger partial charge >= 0.3 is 17.4 Å². The number of anilines is 2. The molecule has 0 fully saturated rings. The molecule has 36 heavy (non-hydrogen) atoms. The molecular weight excluding hydrogens is 560 g/mol. The van der Waals surface area contributed by atoms with E-state index in [0.717, 1.165) is 0 Å². The first-order chi connectivity index (χ1) is 17.2. The van der Waals surface area contributed by atoms with Gasteiger partial charge in [-0.25, -0.2) is 4.73 Å². The van der Waals surface area contributed by atoms with Crippen molar-refractivity contribution in [1.82, 2.24) is 10.00 Å². The second-order valence-corrected chi connectivity index (χ2v) is 9.13. The van der Waals surface area contributed by atoms with Gasteiger partial charge in [0.05, 0.1) is 13.0 Å². The molecule has 13 nitrogen and oxygen atoms in total. The highest BCUT2D eigenvalue weighted by molar-refractivity contribution is 9.10. The molecule has 0 bridgehead atoms. The Balaban J connectivity index is 1.32. The van der Waals surface area contributed by atoms with Crippen molar-refractivity contribution in [3.05, 3.63) is 74.9 Å². The van der Waals surface area contributed by atoms with Crippen LogP contribution in [-0.4, -0.2) is 43.7 Å². The summed E-state index contributed by atoms with van der Waals surface area (Å²) in [4.78, 5) is 26.6. The summed E-state index contributed by atoms with van der Waals surface area (Å²) in [5.41, 5.74) is 0.694. The van der Waals surface area contributed by atoms with Crippen molar-refractivity contribution in [3.8, 4) is 0 Å². The van der Waals surface area contributed by atoms with Gasteiger partial charge in [0.2, 0.25) is 5.10 Å². The molecule has 2 heterocycles. The molecule has 1 atom stereocenters. The third-order valence-corrected chi connectivity index (χ3v) is 5.96. The second kappa shape index (κ2) is 10.8. The van der Waals surface area contributed by atoms with Gasteiger partial charge in [-0.2, -0.15) is 0 Å². The van der Waals surface area contributed by atoms with Crippen molar-refractivity contribution < 1.29 is 32.7 Å². The molecule has 188 valence electrons. The number of benzene rings is 2. The number of hydrogen-bond donors (Lipinski definition) is 2. The Morgan fingerprint density at radius 2 is 2.00 bits per heavy atom. The fourth-order valence-corrected chi connectivity index (χ4v) is 4.11. The minimum Gasteiger partial charge on any atom is -0.755 e. The maximum atomic E-state index is 12.7. The summed E-state index contributed by atoms with van der Waals surface area (Å²) >= 11 is 0.711. The number of carbonyl (C=O) groups excluding carboxylic acids is 2. The summed E-state index contributed by atoms with van der Waals surface area (Å²) in [6.45, 7) is 0.258. The zero-order valence-corrected chi connectivity index (χ0v) is 20.8. The van der Waals surface area contributed by atoms with Gasteiger partial charge in [0.25, 0.3) is 5.91 Å². The lowest BCUT2D eigenvalue weighted by atomic mass is 10.2. The number of halogens is 1. The Morgan fingerprint density at radius 3 is 2.78 bits per heavy atom. The first-order valence-electron chi connectivity index (χ1n) is 10.5. The number of esters is 1. The Morgan fingerprint density at radius 1 is 1.19 bits per heavy atom. The molecule has 1 unspecified atom stereocenters.